The fraction of sp³-hybridized carbons (Fsp3) is 0.296. The molecule has 2 atom stereocenters. The molecule has 2 N–H and O–H groups in total. The lowest BCUT2D eigenvalue weighted by Gasteiger charge is -2.24. The molecule has 2 heterocycles. The number of hydrogen-bond acceptors (Lipinski definition) is 5. The van der Waals surface area contributed by atoms with E-state index in [9.17, 15) is 14.4 Å². The molecule has 1 saturated carbocycles. The van der Waals surface area contributed by atoms with Crippen LogP contribution >= 0.6 is 11.3 Å². The van der Waals surface area contributed by atoms with Gasteiger partial charge in [-0.2, -0.15) is 0 Å². The summed E-state index contributed by atoms with van der Waals surface area (Å²) >= 11 is 1.37. The first kappa shape index (κ1) is 23.1. The summed E-state index contributed by atoms with van der Waals surface area (Å²) in [5, 5.41) is 7.73. The third kappa shape index (κ3) is 5.38. The number of ether oxygens (including phenoxy) is 1. The number of hydrogen-bond donors (Lipinski definition) is 2. The highest BCUT2D eigenvalue weighted by Crippen LogP contribution is 2.35. The molecule has 1 saturated heterocycles. The van der Waals surface area contributed by atoms with Crippen LogP contribution in [0.15, 0.2) is 66.0 Å². The van der Waals surface area contributed by atoms with E-state index >= 15 is 0 Å². The van der Waals surface area contributed by atoms with Crippen molar-refractivity contribution in [3.63, 3.8) is 0 Å². The molecule has 3 amide bonds. The molecular formula is C27H27N3O4S. The number of thiophene rings is 1. The molecular weight excluding hydrogens is 462 g/mol. The van der Waals surface area contributed by atoms with E-state index in [1.165, 1.54) is 16.2 Å². The van der Waals surface area contributed by atoms with E-state index in [2.05, 4.69) is 10.6 Å². The Labute approximate surface area is 208 Å². The first-order chi connectivity index (χ1) is 17.0. The van der Waals surface area contributed by atoms with Crippen molar-refractivity contribution < 1.29 is 19.1 Å². The minimum Gasteiger partial charge on any atom is -0.438 e. The summed E-state index contributed by atoms with van der Waals surface area (Å²) in [6.45, 7) is 2.89. The monoisotopic (exact) mass is 489 g/mol. The maximum atomic E-state index is 13.3. The summed E-state index contributed by atoms with van der Waals surface area (Å²) in [6, 6.07) is 17.8. The van der Waals surface area contributed by atoms with E-state index in [4.69, 9.17) is 4.74 Å². The molecule has 1 aliphatic carbocycles. The molecule has 5 rings (SSSR count). The zero-order chi connectivity index (χ0) is 24.4. The van der Waals surface area contributed by atoms with Gasteiger partial charge in [-0.1, -0.05) is 48.0 Å². The van der Waals surface area contributed by atoms with Gasteiger partial charge in [-0.3, -0.25) is 14.5 Å². The largest absolute Gasteiger partial charge is 0.438 e. The van der Waals surface area contributed by atoms with Crippen molar-refractivity contribution in [1.82, 2.24) is 10.2 Å². The lowest BCUT2D eigenvalue weighted by atomic mass is 10.00. The molecule has 2 aliphatic rings. The molecule has 0 bridgehead atoms. The van der Waals surface area contributed by atoms with Crippen LogP contribution in [0.2, 0.25) is 0 Å². The summed E-state index contributed by atoms with van der Waals surface area (Å²) in [7, 11) is 0. The number of benzene rings is 2. The number of carbonyl (C=O) groups excluding carboxylic acids is 3. The predicted octanol–water partition coefficient (Wildman–Crippen LogP) is 4.90. The van der Waals surface area contributed by atoms with Gasteiger partial charge in [0, 0.05) is 12.2 Å². The van der Waals surface area contributed by atoms with Crippen molar-refractivity contribution in [2.75, 3.05) is 11.9 Å². The molecule has 0 unspecified atom stereocenters. The van der Waals surface area contributed by atoms with Crippen LogP contribution in [0.5, 0.6) is 0 Å². The number of carbonyl (C=O) groups is 3. The molecule has 35 heavy (non-hydrogen) atoms. The van der Waals surface area contributed by atoms with E-state index in [1.54, 1.807) is 30.3 Å². The van der Waals surface area contributed by atoms with Crippen LogP contribution in [0.3, 0.4) is 0 Å². The average Bonchev–Trinajstić information content (AvgIpc) is 3.39. The molecule has 8 heteroatoms. The van der Waals surface area contributed by atoms with Crippen LogP contribution in [-0.4, -0.2) is 35.4 Å². The number of nitrogens with one attached hydrogen (secondary N) is 2. The third-order valence-corrected chi connectivity index (χ3v) is 7.16. The van der Waals surface area contributed by atoms with Gasteiger partial charge in [0.1, 0.15) is 0 Å². The maximum absolute atomic E-state index is 13.3. The van der Waals surface area contributed by atoms with E-state index < -0.39 is 18.2 Å². The Morgan fingerprint density at radius 1 is 1.09 bits per heavy atom. The van der Waals surface area contributed by atoms with Crippen LogP contribution in [0.25, 0.3) is 0 Å². The van der Waals surface area contributed by atoms with Gasteiger partial charge in [-0.15, -0.1) is 11.3 Å². The van der Waals surface area contributed by atoms with E-state index in [0.717, 1.165) is 24.0 Å². The van der Waals surface area contributed by atoms with Gasteiger partial charge in [0.05, 0.1) is 11.4 Å². The number of anilines is 1. The lowest BCUT2D eigenvalue weighted by molar-refractivity contribution is -0.126. The summed E-state index contributed by atoms with van der Waals surface area (Å²) in [5.74, 6) is 0.129. The molecule has 2 aromatic carbocycles. The van der Waals surface area contributed by atoms with Crippen LogP contribution in [0.1, 0.15) is 45.3 Å². The third-order valence-electron chi connectivity index (χ3n) is 6.29. The molecule has 7 nitrogen and oxygen atoms in total. The number of rotatable bonds is 8. The van der Waals surface area contributed by atoms with Crippen LogP contribution in [-0.2, 0) is 16.1 Å². The van der Waals surface area contributed by atoms with Crippen LogP contribution < -0.4 is 10.6 Å². The lowest BCUT2D eigenvalue weighted by Crippen LogP contribution is -2.46. The first-order valence-corrected chi connectivity index (χ1v) is 12.6. The second-order valence-electron chi connectivity index (χ2n) is 9.11. The van der Waals surface area contributed by atoms with Gasteiger partial charge in [0.15, 0.2) is 12.1 Å². The van der Waals surface area contributed by atoms with Crippen molar-refractivity contribution in [3.8, 4) is 0 Å². The smallest absolute Gasteiger partial charge is 0.411 e. The van der Waals surface area contributed by atoms with Crippen molar-refractivity contribution in [3.05, 3.63) is 87.6 Å². The van der Waals surface area contributed by atoms with Gasteiger partial charge in [-0.05, 0) is 60.4 Å². The number of aryl methyl sites for hydroxylation is 1. The normalized spacial score (nSPS) is 19.3. The highest BCUT2D eigenvalue weighted by Gasteiger charge is 2.47. The minimum absolute atomic E-state index is 0.179. The van der Waals surface area contributed by atoms with E-state index in [0.29, 0.717) is 28.6 Å². The fourth-order valence-electron chi connectivity index (χ4n) is 4.25. The van der Waals surface area contributed by atoms with Gasteiger partial charge >= 0.3 is 6.09 Å². The molecule has 1 aromatic heterocycles. The van der Waals surface area contributed by atoms with Crippen LogP contribution in [0.4, 0.5) is 10.5 Å². The predicted molar refractivity (Wildman–Crippen MR) is 134 cm³/mol. The maximum Gasteiger partial charge on any atom is 0.411 e. The summed E-state index contributed by atoms with van der Waals surface area (Å²) in [6.07, 6.45) is 0.983. The minimum atomic E-state index is -0.784. The molecule has 180 valence electrons. The van der Waals surface area contributed by atoms with E-state index in [1.807, 2.05) is 42.6 Å². The molecule has 1 aliphatic heterocycles. The van der Waals surface area contributed by atoms with Crippen molar-refractivity contribution in [2.45, 2.75) is 38.5 Å². The molecule has 2 fully saturated rings. The Balaban J connectivity index is 1.36. The quantitative estimate of drug-likeness (QED) is 0.471. The van der Waals surface area contributed by atoms with Crippen LogP contribution in [0, 0.1) is 12.8 Å². The second-order valence-corrected chi connectivity index (χ2v) is 10.1. The molecule has 0 spiro atoms. The fourth-order valence-corrected chi connectivity index (χ4v) is 4.86. The number of nitrogens with zero attached hydrogens (tertiary/aromatic N) is 1. The SMILES string of the molecule is Cc1cccc(CN2C(=O)O[C@H](c3ccc(NC(=O)c4cccs4)cc3)[C@@H]2C(=O)NCC2CC2)c1. The van der Waals surface area contributed by atoms with Gasteiger partial charge in [0.25, 0.3) is 5.91 Å². The van der Waals surface area contributed by atoms with Crippen molar-refractivity contribution in [1.29, 1.82) is 0 Å². The average molecular weight is 490 g/mol. The second kappa shape index (κ2) is 9.92. The van der Waals surface area contributed by atoms with Gasteiger partial charge < -0.3 is 15.4 Å². The summed E-state index contributed by atoms with van der Waals surface area (Å²) < 4.78 is 5.74. The molecule has 3 aromatic rings. The number of amides is 3. The molecule has 0 radical (unpaired) electrons. The van der Waals surface area contributed by atoms with Crippen molar-refractivity contribution >= 4 is 34.9 Å². The Morgan fingerprint density at radius 2 is 1.89 bits per heavy atom. The Bertz CT molecular complexity index is 1220. The summed E-state index contributed by atoms with van der Waals surface area (Å²) in [5.41, 5.74) is 3.35. The highest BCUT2D eigenvalue weighted by molar-refractivity contribution is 7.12. The Kier molecular flexibility index (Phi) is 6.55. The highest BCUT2D eigenvalue weighted by atomic mass is 32.1. The van der Waals surface area contributed by atoms with Crippen molar-refractivity contribution in [2.24, 2.45) is 5.92 Å². The van der Waals surface area contributed by atoms with Gasteiger partial charge in [0.2, 0.25) is 5.91 Å². The number of cyclic esters (lactones) is 1. The standard InChI is InChI=1S/C27H27N3O4S/c1-17-4-2-5-19(14-17)16-30-23(26(32)28-15-18-7-8-18)24(34-27(30)33)20-9-11-21(12-10-20)29-25(31)22-6-3-13-35-22/h2-6,9-14,18,23-24H,7-8,15-16H2,1H3,(H,28,32)(H,29,31)/t23-,24-/m1/s1. The Hall–Kier alpha value is -3.65. The topological polar surface area (TPSA) is 87.7 Å². The first-order valence-electron chi connectivity index (χ1n) is 11.7. The Morgan fingerprint density at radius 3 is 2.57 bits per heavy atom. The zero-order valence-corrected chi connectivity index (χ0v) is 20.2. The van der Waals surface area contributed by atoms with Gasteiger partial charge in [-0.25, -0.2) is 4.79 Å². The summed E-state index contributed by atoms with van der Waals surface area (Å²) in [4.78, 5) is 40.7. The zero-order valence-electron chi connectivity index (χ0n) is 19.4. The van der Waals surface area contributed by atoms with E-state index in [-0.39, 0.29) is 18.4 Å².